The second kappa shape index (κ2) is 5.87. The first-order valence-electron chi connectivity index (χ1n) is 7.64. The van der Waals surface area contributed by atoms with Crippen molar-refractivity contribution in [2.45, 2.75) is 19.4 Å². The molecule has 0 spiro atoms. The molecule has 0 saturated carbocycles. The molecule has 6 heteroatoms. The SMILES string of the molecule is CC1CCNC(=O)c2cc(-c3cncc(C(=O)N(C)C)c3)cn21. The number of hydrogen-bond acceptors (Lipinski definition) is 3. The Hall–Kier alpha value is -2.63. The number of hydrogen-bond donors (Lipinski definition) is 1. The van der Waals surface area contributed by atoms with E-state index in [1.54, 1.807) is 26.5 Å². The zero-order valence-electron chi connectivity index (χ0n) is 13.5. The quantitative estimate of drug-likeness (QED) is 0.921. The topological polar surface area (TPSA) is 67.2 Å². The first-order chi connectivity index (χ1) is 11.0. The number of carbonyl (C=O) groups excluding carboxylic acids is 2. The van der Waals surface area contributed by atoms with Crippen molar-refractivity contribution in [2.24, 2.45) is 0 Å². The number of pyridine rings is 1. The van der Waals surface area contributed by atoms with Gasteiger partial charge in [0, 0.05) is 56.4 Å². The highest BCUT2D eigenvalue weighted by Gasteiger charge is 2.21. The van der Waals surface area contributed by atoms with Gasteiger partial charge in [-0.05, 0) is 25.5 Å². The zero-order valence-corrected chi connectivity index (χ0v) is 13.5. The van der Waals surface area contributed by atoms with Crippen LogP contribution in [0.5, 0.6) is 0 Å². The number of nitrogens with zero attached hydrogens (tertiary/aromatic N) is 3. The van der Waals surface area contributed by atoms with Gasteiger partial charge in [-0.3, -0.25) is 14.6 Å². The Morgan fingerprint density at radius 2 is 2.09 bits per heavy atom. The minimum absolute atomic E-state index is 0.0610. The molecule has 2 aromatic rings. The standard InChI is InChI=1S/C17H20N4O2/c1-11-4-5-19-16(22)15-7-14(10-21(11)15)12-6-13(9-18-8-12)17(23)20(2)3/h6-11H,4-5H2,1-3H3,(H,19,22). The lowest BCUT2D eigenvalue weighted by Gasteiger charge is -2.12. The molecular weight excluding hydrogens is 292 g/mol. The summed E-state index contributed by atoms with van der Waals surface area (Å²) in [6.45, 7) is 2.78. The lowest BCUT2D eigenvalue weighted by atomic mass is 10.1. The van der Waals surface area contributed by atoms with Gasteiger partial charge in [-0.25, -0.2) is 0 Å². The molecule has 2 aromatic heterocycles. The van der Waals surface area contributed by atoms with Gasteiger partial charge in [-0.15, -0.1) is 0 Å². The minimum atomic E-state index is -0.0915. The molecule has 0 saturated heterocycles. The lowest BCUT2D eigenvalue weighted by molar-refractivity contribution is 0.0827. The van der Waals surface area contributed by atoms with Crippen LogP contribution < -0.4 is 5.32 Å². The molecule has 0 radical (unpaired) electrons. The fourth-order valence-corrected chi connectivity index (χ4v) is 2.78. The van der Waals surface area contributed by atoms with Gasteiger partial charge in [-0.2, -0.15) is 0 Å². The van der Waals surface area contributed by atoms with Gasteiger partial charge in [-0.1, -0.05) is 0 Å². The summed E-state index contributed by atoms with van der Waals surface area (Å²) >= 11 is 0. The van der Waals surface area contributed by atoms with Crippen molar-refractivity contribution >= 4 is 11.8 Å². The van der Waals surface area contributed by atoms with Crippen molar-refractivity contribution in [3.63, 3.8) is 0 Å². The van der Waals surface area contributed by atoms with E-state index in [4.69, 9.17) is 0 Å². The van der Waals surface area contributed by atoms with E-state index in [9.17, 15) is 9.59 Å². The van der Waals surface area contributed by atoms with Gasteiger partial charge in [0.05, 0.1) is 5.56 Å². The largest absolute Gasteiger partial charge is 0.351 e. The third kappa shape index (κ3) is 2.84. The van der Waals surface area contributed by atoms with E-state index in [2.05, 4.69) is 17.2 Å². The monoisotopic (exact) mass is 312 g/mol. The van der Waals surface area contributed by atoms with Crippen LogP contribution in [-0.4, -0.2) is 46.9 Å². The summed E-state index contributed by atoms with van der Waals surface area (Å²) in [7, 11) is 3.42. The van der Waals surface area contributed by atoms with Crippen LogP contribution in [0, 0.1) is 0 Å². The highest BCUT2D eigenvalue weighted by Crippen LogP contribution is 2.27. The van der Waals surface area contributed by atoms with Crippen molar-refractivity contribution in [3.8, 4) is 11.1 Å². The summed E-state index contributed by atoms with van der Waals surface area (Å²) < 4.78 is 2.00. The molecule has 0 fully saturated rings. The Bertz CT molecular complexity index is 764. The van der Waals surface area contributed by atoms with Gasteiger partial charge in [0.1, 0.15) is 5.69 Å². The fraction of sp³-hybridized carbons (Fsp3) is 0.353. The van der Waals surface area contributed by atoms with Crippen LogP contribution in [-0.2, 0) is 0 Å². The minimum Gasteiger partial charge on any atom is -0.351 e. The average molecular weight is 312 g/mol. The van der Waals surface area contributed by atoms with Crippen LogP contribution >= 0.6 is 0 Å². The maximum atomic E-state index is 12.2. The molecule has 3 rings (SSSR count). The summed E-state index contributed by atoms with van der Waals surface area (Å²) in [6, 6.07) is 3.92. The molecule has 0 aliphatic carbocycles. The second-order valence-corrected chi connectivity index (χ2v) is 6.08. The average Bonchev–Trinajstić information content (AvgIpc) is 2.94. The van der Waals surface area contributed by atoms with Crippen LogP contribution in [0.1, 0.15) is 40.2 Å². The molecule has 120 valence electrons. The molecule has 23 heavy (non-hydrogen) atoms. The molecule has 6 nitrogen and oxygen atoms in total. The number of rotatable bonds is 2. The van der Waals surface area contributed by atoms with Crippen molar-refractivity contribution < 1.29 is 9.59 Å². The molecule has 1 atom stereocenters. The molecule has 0 aromatic carbocycles. The molecule has 0 bridgehead atoms. The van der Waals surface area contributed by atoms with Crippen molar-refractivity contribution in [2.75, 3.05) is 20.6 Å². The van der Waals surface area contributed by atoms with E-state index in [-0.39, 0.29) is 17.9 Å². The van der Waals surface area contributed by atoms with Crippen LogP contribution in [0.4, 0.5) is 0 Å². The van der Waals surface area contributed by atoms with E-state index >= 15 is 0 Å². The van der Waals surface area contributed by atoms with Crippen LogP contribution in [0.25, 0.3) is 11.1 Å². The molecule has 1 unspecified atom stereocenters. The Morgan fingerprint density at radius 1 is 1.30 bits per heavy atom. The predicted molar refractivity (Wildman–Crippen MR) is 87.3 cm³/mol. The summed E-state index contributed by atoms with van der Waals surface area (Å²) in [5.41, 5.74) is 2.91. The molecule has 1 aliphatic rings. The number of fused-ring (bicyclic) bond motifs is 1. The molecule has 1 N–H and O–H groups in total. The van der Waals surface area contributed by atoms with Gasteiger partial charge in [0.15, 0.2) is 0 Å². The van der Waals surface area contributed by atoms with Crippen LogP contribution in [0.15, 0.2) is 30.7 Å². The Morgan fingerprint density at radius 3 is 2.83 bits per heavy atom. The van der Waals surface area contributed by atoms with E-state index in [0.29, 0.717) is 17.8 Å². The summed E-state index contributed by atoms with van der Waals surface area (Å²) in [5, 5.41) is 2.90. The van der Waals surface area contributed by atoms with Gasteiger partial charge in [0.2, 0.25) is 0 Å². The highest BCUT2D eigenvalue weighted by atomic mass is 16.2. The number of carbonyl (C=O) groups is 2. The Kier molecular flexibility index (Phi) is 3.90. The maximum Gasteiger partial charge on any atom is 0.267 e. The molecular formula is C17H20N4O2. The Labute approximate surface area is 135 Å². The van der Waals surface area contributed by atoms with Crippen LogP contribution in [0.3, 0.4) is 0 Å². The molecule has 2 amide bonds. The summed E-state index contributed by atoms with van der Waals surface area (Å²) in [5.74, 6) is -0.152. The van der Waals surface area contributed by atoms with E-state index in [0.717, 1.165) is 17.5 Å². The number of nitrogens with one attached hydrogen (secondary N) is 1. The normalized spacial score (nSPS) is 17.2. The molecule has 1 aliphatic heterocycles. The van der Waals surface area contributed by atoms with Crippen LogP contribution in [0.2, 0.25) is 0 Å². The second-order valence-electron chi connectivity index (χ2n) is 6.08. The predicted octanol–water partition coefficient (Wildman–Crippen LogP) is 1.95. The third-order valence-electron chi connectivity index (χ3n) is 4.13. The van der Waals surface area contributed by atoms with Crippen molar-refractivity contribution in [1.82, 2.24) is 19.8 Å². The summed E-state index contributed by atoms with van der Waals surface area (Å²) in [6.07, 6.45) is 6.13. The fourth-order valence-electron chi connectivity index (χ4n) is 2.78. The smallest absolute Gasteiger partial charge is 0.267 e. The van der Waals surface area contributed by atoms with Gasteiger partial charge in [0.25, 0.3) is 11.8 Å². The zero-order chi connectivity index (χ0) is 16.6. The number of amides is 2. The van der Waals surface area contributed by atoms with E-state index < -0.39 is 0 Å². The molecule has 3 heterocycles. The highest BCUT2D eigenvalue weighted by molar-refractivity contribution is 5.96. The first-order valence-corrected chi connectivity index (χ1v) is 7.64. The van der Waals surface area contributed by atoms with Gasteiger partial charge < -0.3 is 14.8 Å². The van der Waals surface area contributed by atoms with E-state index in [1.807, 2.05) is 22.9 Å². The van der Waals surface area contributed by atoms with Crippen molar-refractivity contribution in [3.05, 3.63) is 42.0 Å². The first kappa shape index (κ1) is 15.3. The van der Waals surface area contributed by atoms with E-state index in [1.165, 1.54) is 4.90 Å². The third-order valence-corrected chi connectivity index (χ3v) is 4.13. The van der Waals surface area contributed by atoms with Crippen molar-refractivity contribution in [1.29, 1.82) is 0 Å². The number of aromatic nitrogens is 2. The lowest BCUT2D eigenvalue weighted by Crippen LogP contribution is -2.22. The maximum absolute atomic E-state index is 12.2. The van der Waals surface area contributed by atoms with Gasteiger partial charge >= 0.3 is 0 Å². The Balaban J connectivity index is 2.02. The summed E-state index contributed by atoms with van der Waals surface area (Å²) in [4.78, 5) is 29.9.